The molecule has 12 heavy (non-hydrogen) atoms. The summed E-state index contributed by atoms with van der Waals surface area (Å²) in [7, 11) is 0. The molecular formula is C7H5NaO4. The average molecular weight is 176 g/mol. The van der Waals surface area contributed by atoms with Crippen molar-refractivity contribution in [2.75, 3.05) is 0 Å². The molecule has 0 radical (unpaired) electrons. The molecule has 0 heterocycles. The number of benzene rings is 1. The van der Waals surface area contributed by atoms with E-state index in [1.54, 1.807) is 0 Å². The Kier molecular flexibility index (Phi) is 4.09. The maximum atomic E-state index is 10.2. The molecule has 0 aliphatic heterocycles. The second-order valence-corrected chi connectivity index (χ2v) is 1.99. The maximum Gasteiger partial charge on any atom is 1.00 e. The van der Waals surface area contributed by atoms with Gasteiger partial charge in [0.15, 0.2) is 11.5 Å². The Labute approximate surface area is 90.8 Å². The van der Waals surface area contributed by atoms with E-state index in [0.717, 1.165) is 18.2 Å². The molecule has 0 aliphatic rings. The van der Waals surface area contributed by atoms with E-state index in [4.69, 9.17) is 10.2 Å². The van der Waals surface area contributed by atoms with Crippen molar-refractivity contribution in [2.24, 2.45) is 0 Å². The molecule has 0 aliphatic carbocycles. The number of carbonyl (C=O) groups excluding carboxylic acids is 1. The van der Waals surface area contributed by atoms with Crippen LogP contribution >= 0.6 is 0 Å². The SMILES string of the molecule is O=C([O-])c1ccc(O)c(O)c1.[Na+]. The number of carboxylic acid groups (broad SMARTS) is 1. The van der Waals surface area contributed by atoms with Gasteiger partial charge in [0.05, 0.1) is 5.97 Å². The summed E-state index contributed by atoms with van der Waals surface area (Å²) in [6, 6.07) is 3.15. The van der Waals surface area contributed by atoms with E-state index in [2.05, 4.69) is 0 Å². The first kappa shape index (κ1) is 11.3. The third-order valence-electron chi connectivity index (χ3n) is 1.21. The molecule has 0 unspecified atom stereocenters. The Balaban J connectivity index is 0.00000121. The molecule has 1 aromatic rings. The van der Waals surface area contributed by atoms with Crippen LogP contribution in [0.1, 0.15) is 10.4 Å². The van der Waals surface area contributed by atoms with Crippen LogP contribution < -0.4 is 34.7 Å². The van der Waals surface area contributed by atoms with Crippen molar-refractivity contribution in [3.05, 3.63) is 23.8 Å². The van der Waals surface area contributed by atoms with Crippen molar-refractivity contribution in [1.29, 1.82) is 0 Å². The van der Waals surface area contributed by atoms with E-state index >= 15 is 0 Å². The van der Waals surface area contributed by atoms with Gasteiger partial charge in [-0.2, -0.15) is 0 Å². The van der Waals surface area contributed by atoms with Gasteiger partial charge in [-0.05, 0) is 18.2 Å². The monoisotopic (exact) mass is 176 g/mol. The number of phenolic OH excluding ortho intramolecular Hbond substituents is 2. The van der Waals surface area contributed by atoms with Gasteiger partial charge in [-0.15, -0.1) is 0 Å². The normalized spacial score (nSPS) is 8.67. The Morgan fingerprint density at radius 3 is 2.25 bits per heavy atom. The largest absolute Gasteiger partial charge is 1.00 e. The molecule has 0 aromatic heterocycles. The molecule has 1 rings (SSSR count). The number of rotatable bonds is 1. The van der Waals surface area contributed by atoms with Crippen LogP contribution in [0.4, 0.5) is 0 Å². The van der Waals surface area contributed by atoms with E-state index in [1.807, 2.05) is 0 Å². The van der Waals surface area contributed by atoms with Crippen molar-refractivity contribution in [2.45, 2.75) is 0 Å². The van der Waals surface area contributed by atoms with E-state index in [1.165, 1.54) is 0 Å². The summed E-state index contributed by atoms with van der Waals surface area (Å²) in [6.45, 7) is 0. The van der Waals surface area contributed by atoms with Gasteiger partial charge in [-0.3, -0.25) is 0 Å². The first-order valence-electron chi connectivity index (χ1n) is 2.84. The number of carboxylic acids is 1. The molecule has 58 valence electrons. The molecule has 0 fully saturated rings. The maximum absolute atomic E-state index is 10.2. The zero-order valence-corrected chi connectivity index (χ0v) is 8.44. The van der Waals surface area contributed by atoms with Gasteiger partial charge in [0.25, 0.3) is 0 Å². The second-order valence-electron chi connectivity index (χ2n) is 1.99. The smallest absolute Gasteiger partial charge is 0.545 e. The summed E-state index contributed by atoms with van der Waals surface area (Å²) in [5, 5.41) is 27.7. The topological polar surface area (TPSA) is 80.6 Å². The number of hydrogen-bond donors (Lipinski definition) is 2. The fourth-order valence-electron chi connectivity index (χ4n) is 0.650. The van der Waals surface area contributed by atoms with Crippen LogP contribution in [0.25, 0.3) is 0 Å². The molecule has 1 aromatic carbocycles. The van der Waals surface area contributed by atoms with Crippen molar-refractivity contribution in [1.82, 2.24) is 0 Å². The third-order valence-corrected chi connectivity index (χ3v) is 1.21. The molecule has 0 saturated carbocycles. The van der Waals surface area contributed by atoms with Crippen LogP contribution in [0.15, 0.2) is 18.2 Å². The van der Waals surface area contributed by atoms with E-state index < -0.39 is 11.7 Å². The van der Waals surface area contributed by atoms with Crippen LogP contribution in [0.3, 0.4) is 0 Å². The van der Waals surface area contributed by atoms with Crippen LogP contribution in [-0.2, 0) is 0 Å². The minimum atomic E-state index is -1.39. The van der Waals surface area contributed by atoms with E-state index in [-0.39, 0.29) is 40.9 Å². The quantitative estimate of drug-likeness (QED) is 0.343. The molecule has 0 atom stereocenters. The molecule has 2 N–H and O–H groups in total. The Morgan fingerprint density at radius 1 is 1.25 bits per heavy atom. The number of carbonyl (C=O) groups is 1. The van der Waals surface area contributed by atoms with Crippen LogP contribution in [0.2, 0.25) is 0 Å². The minimum Gasteiger partial charge on any atom is -0.545 e. The summed E-state index contributed by atoms with van der Waals surface area (Å²) in [5.74, 6) is -2.21. The molecule has 0 amide bonds. The number of aromatic carboxylic acids is 1. The number of aromatic hydroxyl groups is 2. The van der Waals surface area contributed by atoms with Gasteiger partial charge in [-0.25, -0.2) is 0 Å². The molecule has 0 spiro atoms. The standard InChI is InChI=1S/C7H6O4.Na/c8-5-2-1-4(7(10)11)3-6(5)9;/h1-3,8-9H,(H,10,11);/q;+1/p-1. The molecule has 5 heteroatoms. The second kappa shape index (κ2) is 4.35. The molecular weight excluding hydrogens is 171 g/mol. The van der Waals surface area contributed by atoms with Crippen LogP contribution in [-0.4, -0.2) is 16.2 Å². The number of phenols is 2. The third kappa shape index (κ3) is 2.41. The van der Waals surface area contributed by atoms with Crippen LogP contribution in [0, 0.1) is 0 Å². The molecule has 4 nitrogen and oxygen atoms in total. The first-order chi connectivity index (χ1) is 5.11. The van der Waals surface area contributed by atoms with Crippen molar-refractivity contribution < 1.29 is 49.7 Å². The van der Waals surface area contributed by atoms with Crippen molar-refractivity contribution in [3.8, 4) is 11.5 Å². The first-order valence-corrected chi connectivity index (χ1v) is 2.84. The fourth-order valence-corrected chi connectivity index (χ4v) is 0.650. The Bertz CT molecular complexity index is 297. The summed E-state index contributed by atoms with van der Waals surface area (Å²) in [5.41, 5.74) is -0.166. The summed E-state index contributed by atoms with van der Waals surface area (Å²) in [4.78, 5) is 10.2. The van der Waals surface area contributed by atoms with E-state index in [9.17, 15) is 9.90 Å². The predicted molar refractivity (Wildman–Crippen MR) is 34.1 cm³/mol. The van der Waals surface area contributed by atoms with Gasteiger partial charge < -0.3 is 20.1 Å². The average Bonchev–Trinajstić information content (AvgIpc) is 1.94. The van der Waals surface area contributed by atoms with Gasteiger partial charge in [0.2, 0.25) is 0 Å². The van der Waals surface area contributed by atoms with Gasteiger partial charge >= 0.3 is 29.6 Å². The number of hydrogen-bond acceptors (Lipinski definition) is 4. The van der Waals surface area contributed by atoms with Crippen LogP contribution in [0.5, 0.6) is 11.5 Å². The van der Waals surface area contributed by atoms with Crippen molar-refractivity contribution in [3.63, 3.8) is 0 Å². The summed E-state index contributed by atoms with van der Waals surface area (Å²) in [6.07, 6.45) is 0. The van der Waals surface area contributed by atoms with Gasteiger partial charge in [-0.1, -0.05) is 0 Å². The summed E-state index contributed by atoms with van der Waals surface area (Å²) < 4.78 is 0. The molecule has 0 saturated heterocycles. The summed E-state index contributed by atoms with van der Waals surface area (Å²) >= 11 is 0. The fraction of sp³-hybridized carbons (Fsp3) is 0. The van der Waals surface area contributed by atoms with Crippen molar-refractivity contribution >= 4 is 5.97 Å². The van der Waals surface area contributed by atoms with Gasteiger partial charge in [0, 0.05) is 5.56 Å². The Hall–Kier alpha value is -0.710. The zero-order valence-electron chi connectivity index (χ0n) is 6.44. The molecule has 0 bridgehead atoms. The minimum absolute atomic E-state index is 0. The Morgan fingerprint density at radius 2 is 1.83 bits per heavy atom. The van der Waals surface area contributed by atoms with Gasteiger partial charge in [0.1, 0.15) is 0 Å². The predicted octanol–water partition coefficient (Wildman–Crippen LogP) is -3.53. The van der Waals surface area contributed by atoms with E-state index in [0.29, 0.717) is 0 Å². The zero-order chi connectivity index (χ0) is 8.43.